The first-order chi connectivity index (χ1) is 7.28. The number of methoxy groups -OCH3 is 1. The highest BCUT2D eigenvalue weighted by molar-refractivity contribution is 4.95. The second-order valence-corrected chi connectivity index (χ2v) is 4.70. The van der Waals surface area contributed by atoms with E-state index in [-0.39, 0.29) is 5.60 Å². The van der Waals surface area contributed by atoms with Gasteiger partial charge in [-0.2, -0.15) is 0 Å². The number of hydrogen-bond acceptors (Lipinski definition) is 4. The van der Waals surface area contributed by atoms with Crippen molar-refractivity contribution in [1.82, 2.24) is 4.90 Å². The smallest absolute Gasteiger partial charge is 0.0845 e. The zero-order valence-corrected chi connectivity index (χ0v) is 9.58. The van der Waals surface area contributed by atoms with Crippen molar-refractivity contribution < 1.29 is 9.47 Å². The van der Waals surface area contributed by atoms with E-state index < -0.39 is 0 Å². The quantitative estimate of drug-likeness (QED) is 0.730. The van der Waals surface area contributed by atoms with Crippen LogP contribution in [0.15, 0.2) is 0 Å². The minimum atomic E-state index is 0.0636. The van der Waals surface area contributed by atoms with Gasteiger partial charge < -0.3 is 15.2 Å². The Balaban J connectivity index is 1.90. The Labute approximate surface area is 91.7 Å². The molecule has 2 atom stereocenters. The normalized spacial score (nSPS) is 37.6. The number of nitrogens with two attached hydrogens (primary N) is 1. The molecule has 4 nitrogen and oxygen atoms in total. The Morgan fingerprint density at radius 2 is 2.47 bits per heavy atom. The van der Waals surface area contributed by atoms with Gasteiger partial charge in [0.25, 0.3) is 0 Å². The molecule has 88 valence electrons. The van der Waals surface area contributed by atoms with Crippen molar-refractivity contribution in [3.8, 4) is 0 Å². The lowest BCUT2D eigenvalue weighted by Crippen LogP contribution is -2.45. The van der Waals surface area contributed by atoms with Gasteiger partial charge in [0.1, 0.15) is 0 Å². The van der Waals surface area contributed by atoms with E-state index in [1.807, 2.05) is 0 Å². The molecule has 0 bridgehead atoms. The molecule has 0 aliphatic carbocycles. The van der Waals surface area contributed by atoms with Crippen LogP contribution in [0, 0.1) is 0 Å². The molecule has 0 saturated carbocycles. The predicted molar refractivity (Wildman–Crippen MR) is 58.8 cm³/mol. The minimum Gasteiger partial charge on any atom is -0.381 e. The van der Waals surface area contributed by atoms with Crippen LogP contribution in [-0.4, -0.2) is 56.5 Å². The van der Waals surface area contributed by atoms with Crippen molar-refractivity contribution in [2.24, 2.45) is 5.73 Å². The fourth-order valence-corrected chi connectivity index (χ4v) is 2.77. The third-order valence-corrected chi connectivity index (χ3v) is 3.62. The van der Waals surface area contributed by atoms with Crippen LogP contribution < -0.4 is 5.73 Å². The van der Waals surface area contributed by atoms with E-state index in [2.05, 4.69) is 4.90 Å². The number of likely N-dealkylation sites (tertiary alicyclic amines) is 1. The highest BCUT2D eigenvalue weighted by Crippen LogP contribution is 2.34. The van der Waals surface area contributed by atoms with Crippen molar-refractivity contribution in [2.45, 2.75) is 31.0 Å². The number of nitrogens with zero attached hydrogens (tertiary/aromatic N) is 1. The highest BCUT2D eigenvalue weighted by Gasteiger charge is 2.42. The summed E-state index contributed by atoms with van der Waals surface area (Å²) in [5.74, 6) is 0. The van der Waals surface area contributed by atoms with Gasteiger partial charge in [-0.05, 0) is 12.8 Å². The molecular weight excluding hydrogens is 192 g/mol. The van der Waals surface area contributed by atoms with Gasteiger partial charge in [0.05, 0.1) is 11.7 Å². The molecule has 15 heavy (non-hydrogen) atoms. The first-order valence-electron chi connectivity index (χ1n) is 5.87. The summed E-state index contributed by atoms with van der Waals surface area (Å²) in [4.78, 5) is 2.40. The van der Waals surface area contributed by atoms with Crippen molar-refractivity contribution in [2.75, 3.05) is 39.9 Å². The van der Waals surface area contributed by atoms with Gasteiger partial charge in [-0.3, -0.25) is 4.90 Å². The van der Waals surface area contributed by atoms with E-state index >= 15 is 0 Å². The molecule has 1 spiro atoms. The Hall–Kier alpha value is -0.160. The van der Waals surface area contributed by atoms with Gasteiger partial charge in [-0.1, -0.05) is 0 Å². The molecule has 0 aromatic carbocycles. The number of ether oxygens (including phenoxy) is 2. The maximum atomic E-state index is 5.97. The molecule has 0 aromatic heterocycles. The largest absolute Gasteiger partial charge is 0.381 e. The summed E-state index contributed by atoms with van der Waals surface area (Å²) in [6, 6.07) is 0. The molecular formula is C11H22N2O2. The van der Waals surface area contributed by atoms with E-state index in [4.69, 9.17) is 15.2 Å². The van der Waals surface area contributed by atoms with Crippen LogP contribution >= 0.6 is 0 Å². The Morgan fingerprint density at radius 1 is 1.60 bits per heavy atom. The van der Waals surface area contributed by atoms with Gasteiger partial charge in [0, 0.05) is 46.3 Å². The fourth-order valence-electron chi connectivity index (χ4n) is 2.77. The molecule has 2 N–H and O–H groups in total. The van der Waals surface area contributed by atoms with E-state index in [0.29, 0.717) is 6.10 Å². The zero-order valence-electron chi connectivity index (χ0n) is 9.58. The maximum absolute atomic E-state index is 5.97. The highest BCUT2D eigenvalue weighted by atomic mass is 16.5. The van der Waals surface area contributed by atoms with Crippen LogP contribution in [0.2, 0.25) is 0 Å². The standard InChI is InChI=1S/C11H22N2O2/c1-14-10-2-7-15-11(8-10)3-5-13(9-11)6-4-12/h10H,2-9,12H2,1H3. The first-order valence-corrected chi connectivity index (χ1v) is 5.87. The third kappa shape index (κ3) is 2.50. The number of rotatable bonds is 3. The van der Waals surface area contributed by atoms with E-state index in [9.17, 15) is 0 Å². The topological polar surface area (TPSA) is 47.7 Å². The maximum Gasteiger partial charge on any atom is 0.0845 e. The van der Waals surface area contributed by atoms with Crippen LogP contribution in [0.1, 0.15) is 19.3 Å². The van der Waals surface area contributed by atoms with Crippen molar-refractivity contribution in [3.05, 3.63) is 0 Å². The van der Waals surface area contributed by atoms with Gasteiger partial charge in [-0.15, -0.1) is 0 Å². The Morgan fingerprint density at radius 3 is 3.20 bits per heavy atom. The van der Waals surface area contributed by atoms with Crippen LogP contribution in [0.3, 0.4) is 0 Å². The summed E-state index contributed by atoms with van der Waals surface area (Å²) in [7, 11) is 1.80. The van der Waals surface area contributed by atoms with Crippen LogP contribution in [0.25, 0.3) is 0 Å². The summed E-state index contributed by atoms with van der Waals surface area (Å²) in [6.07, 6.45) is 3.60. The van der Waals surface area contributed by atoms with Crippen LogP contribution in [-0.2, 0) is 9.47 Å². The zero-order chi connectivity index (χ0) is 10.7. The summed E-state index contributed by atoms with van der Waals surface area (Å²) in [6.45, 7) is 4.72. The van der Waals surface area contributed by atoms with Crippen molar-refractivity contribution in [1.29, 1.82) is 0 Å². The number of hydrogen-bond donors (Lipinski definition) is 1. The fraction of sp³-hybridized carbons (Fsp3) is 1.00. The molecule has 0 aromatic rings. The molecule has 2 aliphatic rings. The second-order valence-electron chi connectivity index (χ2n) is 4.70. The Kier molecular flexibility index (Phi) is 3.61. The summed E-state index contributed by atoms with van der Waals surface area (Å²) >= 11 is 0. The predicted octanol–water partition coefficient (Wildman–Crippen LogP) is 0.215. The molecule has 0 amide bonds. The average molecular weight is 214 g/mol. The summed E-state index contributed by atoms with van der Waals surface area (Å²) in [5.41, 5.74) is 5.64. The van der Waals surface area contributed by atoms with E-state index in [0.717, 1.165) is 52.0 Å². The monoisotopic (exact) mass is 214 g/mol. The molecule has 2 fully saturated rings. The lowest BCUT2D eigenvalue weighted by Gasteiger charge is -2.37. The molecule has 2 unspecified atom stereocenters. The first kappa shape index (κ1) is 11.3. The van der Waals surface area contributed by atoms with Crippen molar-refractivity contribution >= 4 is 0 Å². The van der Waals surface area contributed by atoms with Gasteiger partial charge in [0.2, 0.25) is 0 Å². The molecule has 2 rings (SSSR count). The minimum absolute atomic E-state index is 0.0636. The van der Waals surface area contributed by atoms with Crippen LogP contribution in [0.5, 0.6) is 0 Å². The molecule has 0 radical (unpaired) electrons. The van der Waals surface area contributed by atoms with Crippen molar-refractivity contribution in [3.63, 3.8) is 0 Å². The second kappa shape index (κ2) is 4.78. The summed E-state index contributed by atoms with van der Waals surface area (Å²) in [5, 5.41) is 0. The van der Waals surface area contributed by atoms with Gasteiger partial charge >= 0.3 is 0 Å². The third-order valence-electron chi connectivity index (χ3n) is 3.62. The molecule has 4 heteroatoms. The molecule has 2 saturated heterocycles. The lowest BCUT2D eigenvalue weighted by molar-refractivity contribution is -0.119. The summed E-state index contributed by atoms with van der Waals surface area (Å²) < 4.78 is 11.4. The van der Waals surface area contributed by atoms with Gasteiger partial charge in [0.15, 0.2) is 0 Å². The average Bonchev–Trinajstić information content (AvgIpc) is 2.62. The lowest BCUT2D eigenvalue weighted by atomic mass is 9.91. The Bertz CT molecular complexity index is 213. The van der Waals surface area contributed by atoms with E-state index in [1.54, 1.807) is 7.11 Å². The molecule has 2 heterocycles. The van der Waals surface area contributed by atoms with E-state index in [1.165, 1.54) is 0 Å². The van der Waals surface area contributed by atoms with Crippen LogP contribution in [0.4, 0.5) is 0 Å². The SMILES string of the molecule is COC1CCOC2(CCN(CCN)C2)C1. The van der Waals surface area contributed by atoms with Gasteiger partial charge in [-0.25, -0.2) is 0 Å². The molecule has 2 aliphatic heterocycles.